The van der Waals surface area contributed by atoms with Crippen LogP contribution in [-0.2, 0) is 13.1 Å². The first kappa shape index (κ1) is 12.0. The van der Waals surface area contributed by atoms with Crippen molar-refractivity contribution in [1.29, 1.82) is 5.26 Å². The number of benzene rings is 1. The predicted octanol–water partition coefficient (Wildman–Crippen LogP) is 1.92. The van der Waals surface area contributed by atoms with Gasteiger partial charge in [-0.05, 0) is 19.1 Å². The van der Waals surface area contributed by atoms with Gasteiger partial charge in [0.2, 0.25) is 0 Å². The summed E-state index contributed by atoms with van der Waals surface area (Å²) >= 11 is 0. The average Bonchev–Trinajstić information content (AvgIpc) is 2.83. The fourth-order valence-electron chi connectivity index (χ4n) is 1.65. The van der Waals surface area contributed by atoms with Crippen LogP contribution in [-0.4, -0.2) is 14.8 Å². The molecule has 1 heterocycles. The molecule has 0 fully saturated rings. The molecule has 0 aliphatic rings. The van der Waals surface area contributed by atoms with Gasteiger partial charge in [0.1, 0.15) is 29.6 Å². The van der Waals surface area contributed by atoms with Crippen LogP contribution in [0.3, 0.4) is 0 Å². The first-order chi connectivity index (χ1) is 8.76. The zero-order chi connectivity index (χ0) is 13.0. The first-order valence-corrected chi connectivity index (χ1v) is 5.55. The Balaban J connectivity index is 2.16. The molecule has 0 aliphatic carbocycles. The number of anilines is 1. The van der Waals surface area contributed by atoms with Crippen LogP contribution in [0.25, 0.3) is 0 Å². The molecule has 2 aromatic rings. The number of halogens is 1. The van der Waals surface area contributed by atoms with Crippen LogP contribution in [0.4, 0.5) is 10.1 Å². The molecule has 0 saturated carbocycles. The second-order valence-corrected chi connectivity index (χ2v) is 3.62. The summed E-state index contributed by atoms with van der Waals surface area (Å²) in [6.45, 7) is 3.07. The minimum atomic E-state index is -0.528. The second kappa shape index (κ2) is 5.27. The molecule has 0 aliphatic heterocycles. The lowest BCUT2D eigenvalue weighted by molar-refractivity contribution is 0.619. The summed E-state index contributed by atoms with van der Waals surface area (Å²) in [5.41, 5.74) is 0.475. The van der Waals surface area contributed by atoms with Gasteiger partial charge in [-0.2, -0.15) is 10.4 Å². The van der Waals surface area contributed by atoms with Crippen LogP contribution < -0.4 is 5.32 Å². The molecule has 2 rings (SSSR count). The second-order valence-electron chi connectivity index (χ2n) is 3.62. The van der Waals surface area contributed by atoms with E-state index in [2.05, 4.69) is 15.4 Å². The lowest BCUT2D eigenvalue weighted by Gasteiger charge is -2.08. The van der Waals surface area contributed by atoms with Gasteiger partial charge in [0.05, 0.1) is 12.2 Å². The Morgan fingerprint density at radius 1 is 1.50 bits per heavy atom. The normalized spacial score (nSPS) is 10.1. The number of aryl methyl sites for hydroxylation is 1. The maximum atomic E-state index is 13.4. The maximum absolute atomic E-state index is 13.4. The Bertz CT molecular complexity index is 584. The highest BCUT2D eigenvalue weighted by atomic mass is 19.1. The van der Waals surface area contributed by atoms with E-state index < -0.39 is 5.82 Å². The van der Waals surface area contributed by atoms with Crippen LogP contribution >= 0.6 is 0 Å². The number of nitrogens with one attached hydrogen (secondary N) is 1. The molecule has 0 unspecified atom stereocenters. The molecule has 1 N–H and O–H groups in total. The average molecular weight is 245 g/mol. The minimum Gasteiger partial charge on any atom is -0.377 e. The molecule has 1 aromatic heterocycles. The van der Waals surface area contributed by atoms with Gasteiger partial charge in [-0.15, -0.1) is 0 Å². The first-order valence-electron chi connectivity index (χ1n) is 5.55. The third-order valence-corrected chi connectivity index (χ3v) is 2.56. The van der Waals surface area contributed by atoms with Gasteiger partial charge in [0, 0.05) is 6.54 Å². The van der Waals surface area contributed by atoms with E-state index in [1.54, 1.807) is 16.8 Å². The van der Waals surface area contributed by atoms with Crippen molar-refractivity contribution in [2.24, 2.45) is 0 Å². The molecule has 6 heteroatoms. The molecule has 1 aromatic carbocycles. The van der Waals surface area contributed by atoms with Gasteiger partial charge in [0.25, 0.3) is 0 Å². The third-order valence-electron chi connectivity index (χ3n) is 2.56. The topological polar surface area (TPSA) is 66.5 Å². The van der Waals surface area contributed by atoms with E-state index in [1.165, 1.54) is 12.4 Å². The quantitative estimate of drug-likeness (QED) is 0.893. The summed E-state index contributed by atoms with van der Waals surface area (Å²) in [5.74, 6) is 0.213. The van der Waals surface area contributed by atoms with E-state index in [4.69, 9.17) is 5.26 Å². The van der Waals surface area contributed by atoms with E-state index in [0.29, 0.717) is 18.8 Å². The molecular formula is C12H12FN5. The number of aromatic nitrogens is 3. The van der Waals surface area contributed by atoms with E-state index in [0.717, 1.165) is 5.82 Å². The largest absolute Gasteiger partial charge is 0.377 e. The van der Waals surface area contributed by atoms with Crippen LogP contribution in [0.15, 0.2) is 24.5 Å². The summed E-state index contributed by atoms with van der Waals surface area (Å²) in [7, 11) is 0. The Labute approximate surface area is 104 Å². The highest BCUT2D eigenvalue weighted by molar-refractivity contribution is 5.57. The van der Waals surface area contributed by atoms with Gasteiger partial charge in [-0.25, -0.2) is 14.1 Å². The Morgan fingerprint density at radius 3 is 3.06 bits per heavy atom. The molecule has 92 valence electrons. The molecule has 0 spiro atoms. The Kier molecular flexibility index (Phi) is 3.53. The third kappa shape index (κ3) is 2.30. The number of nitrogens with zero attached hydrogens (tertiary/aromatic N) is 4. The lowest BCUT2D eigenvalue weighted by atomic mass is 10.2. The van der Waals surface area contributed by atoms with Crippen molar-refractivity contribution in [3.8, 4) is 6.07 Å². The summed E-state index contributed by atoms with van der Waals surface area (Å²) in [6.07, 6.45) is 1.47. The smallest absolute Gasteiger partial charge is 0.146 e. The number of hydrogen-bond donors (Lipinski definition) is 1. The Hall–Kier alpha value is -2.42. The van der Waals surface area contributed by atoms with Gasteiger partial charge >= 0.3 is 0 Å². The highest BCUT2D eigenvalue weighted by Gasteiger charge is 2.08. The standard InChI is InChI=1S/C12H12FN5/c1-2-18-12(16-8-17-18)7-15-11-5-3-4-10(13)9(11)6-14/h3-5,8,15H,2,7H2,1H3. The van der Waals surface area contributed by atoms with Gasteiger partial charge < -0.3 is 5.32 Å². The maximum Gasteiger partial charge on any atom is 0.146 e. The molecule has 0 amide bonds. The molecule has 5 nitrogen and oxygen atoms in total. The van der Waals surface area contributed by atoms with Crippen molar-refractivity contribution in [1.82, 2.24) is 14.8 Å². The summed E-state index contributed by atoms with van der Waals surface area (Å²) in [6, 6.07) is 6.32. The molecule has 0 saturated heterocycles. The Morgan fingerprint density at radius 2 is 2.33 bits per heavy atom. The molecule has 0 bridgehead atoms. The molecule has 0 atom stereocenters. The highest BCUT2D eigenvalue weighted by Crippen LogP contribution is 2.18. The van der Waals surface area contributed by atoms with Crippen LogP contribution in [0.2, 0.25) is 0 Å². The van der Waals surface area contributed by atoms with E-state index >= 15 is 0 Å². The van der Waals surface area contributed by atoms with Crippen molar-refractivity contribution in [3.05, 3.63) is 41.7 Å². The van der Waals surface area contributed by atoms with Crippen molar-refractivity contribution in [2.75, 3.05) is 5.32 Å². The number of hydrogen-bond acceptors (Lipinski definition) is 4. The van der Waals surface area contributed by atoms with E-state index in [-0.39, 0.29) is 5.56 Å². The van der Waals surface area contributed by atoms with Crippen molar-refractivity contribution in [3.63, 3.8) is 0 Å². The SMILES string of the molecule is CCn1ncnc1CNc1cccc(F)c1C#N. The summed E-state index contributed by atoms with van der Waals surface area (Å²) in [4.78, 5) is 4.09. The molecule has 18 heavy (non-hydrogen) atoms. The summed E-state index contributed by atoms with van der Waals surface area (Å²) < 4.78 is 15.1. The van der Waals surface area contributed by atoms with E-state index in [9.17, 15) is 4.39 Å². The summed E-state index contributed by atoms with van der Waals surface area (Å²) in [5, 5.41) is 15.9. The van der Waals surface area contributed by atoms with Crippen molar-refractivity contribution < 1.29 is 4.39 Å². The molecular weight excluding hydrogens is 233 g/mol. The zero-order valence-corrected chi connectivity index (χ0v) is 9.89. The fraction of sp³-hybridized carbons (Fsp3) is 0.250. The van der Waals surface area contributed by atoms with Crippen LogP contribution in [0.5, 0.6) is 0 Å². The number of nitriles is 1. The minimum absolute atomic E-state index is 0.0139. The van der Waals surface area contributed by atoms with E-state index in [1.807, 2.05) is 13.0 Å². The van der Waals surface area contributed by atoms with Gasteiger partial charge in [-0.3, -0.25) is 0 Å². The van der Waals surface area contributed by atoms with Gasteiger partial charge in [0.15, 0.2) is 0 Å². The zero-order valence-electron chi connectivity index (χ0n) is 9.89. The molecule has 0 radical (unpaired) electrons. The lowest BCUT2D eigenvalue weighted by Crippen LogP contribution is -2.10. The monoisotopic (exact) mass is 245 g/mol. The van der Waals surface area contributed by atoms with Crippen molar-refractivity contribution >= 4 is 5.69 Å². The van der Waals surface area contributed by atoms with Crippen LogP contribution in [0.1, 0.15) is 18.3 Å². The van der Waals surface area contributed by atoms with Crippen LogP contribution in [0, 0.1) is 17.1 Å². The van der Waals surface area contributed by atoms with Crippen molar-refractivity contribution in [2.45, 2.75) is 20.0 Å². The van der Waals surface area contributed by atoms with Gasteiger partial charge in [-0.1, -0.05) is 6.07 Å². The number of rotatable bonds is 4. The predicted molar refractivity (Wildman–Crippen MR) is 64.1 cm³/mol. The fourth-order valence-corrected chi connectivity index (χ4v) is 1.65.